The molecular weight excluding hydrogens is 398 g/mol. The molecule has 0 unspecified atom stereocenters. The number of carbonyl (C=O) groups excluding carboxylic acids is 1. The van der Waals surface area contributed by atoms with Crippen molar-refractivity contribution >= 4 is 22.8 Å². The molecule has 4 aromatic rings. The molecule has 0 spiro atoms. The zero-order chi connectivity index (χ0) is 22.1. The van der Waals surface area contributed by atoms with Gasteiger partial charge in [0.05, 0.1) is 16.8 Å². The van der Waals surface area contributed by atoms with E-state index in [1.807, 2.05) is 41.3 Å². The Morgan fingerprint density at radius 3 is 2.34 bits per heavy atom. The number of piperazine rings is 1. The fourth-order valence-electron chi connectivity index (χ4n) is 4.14. The number of hydrogen-bond donors (Lipinski definition) is 0. The van der Waals surface area contributed by atoms with Crippen LogP contribution >= 0.6 is 0 Å². The highest BCUT2D eigenvalue weighted by atomic mass is 16.2. The van der Waals surface area contributed by atoms with Gasteiger partial charge in [-0.25, -0.2) is 15.0 Å². The zero-order valence-corrected chi connectivity index (χ0v) is 18.3. The number of aryl methyl sites for hydroxylation is 2. The molecule has 2 aromatic heterocycles. The third-order valence-corrected chi connectivity index (χ3v) is 6.15. The summed E-state index contributed by atoms with van der Waals surface area (Å²) in [4.78, 5) is 31.2. The van der Waals surface area contributed by atoms with E-state index >= 15 is 0 Å². The van der Waals surface area contributed by atoms with Crippen molar-refractivity contribution in [1.82, 2.24) is 19.9 Å². The summed E-state index contributed by atoms with van der Waals surface area (Å²) >= 11 is 0. The maximum atomic E-state index is 13.6. The van der Waals surface area contributed by atoms with Gasteiger partial charge in [0.2, 0.25) is 5.95 Å². The van der Waals surface area contributed by atoms with Crippen molar-refractivity contribution in [1.29, 1.82) is 0 Å². The summed E-state index contributed by atoms with van der Waals surface area (Å²) in [6.07, 6.45) is 3.49. The fourth-order valence-corrected chi connectivity index (χ4v) is 4.14. The van der Waals surface area contributed by atoms with E-state index < -0.39 is 0 Å². The molecule has 0 radical (unpaired) electrons. The van der Waals surface area contributed by atoms with Gasteiger partial charge in [-0.05, 0) is 49.2 Å². The van der Waals surface area contributed by atoms with Crippen LogP contribution in [0.4, 0.5) is 5.95 Å². The lowest BCUT2D eigenvalue weighted by Crippen LogP contribution is -2.49. The van der Waals surface area contributed by atoms with Gasteiger partial charge < -0.3 is 9.80 Å². The number of benzene rings is 2. The summed E-state index contributed by atoms with van der Waals surface area (Å²) in [5.74, 6) is 0.758. The zero-order valence-electron chi connectivity index (χ0n) is 18.3. The Morgan fingerprint density at radius 2 is 1.59 bits per heavy atom. The number of hydrogen-bond acceptors (Lipinski definition) is 5. The summed E-state index contributed by atoms with van der Waals surface area (Å²) in [6, 6.07) is 18.0. The Balaban J connectivity index is 1.46. The third kappa shape index (κ3) is 3.80. The first kappa shape index (κ1) is 20.1. The number of aromatic nitrogens is 3. The van der Waals surface area contributed by atoms with Gasteiger partial charge in [-0.1, -0.05) is 30.3 Å². The number of fused-ring (bicyclic) bond motifs is 1. The number of pyridine rings is 1. The lowest BCUT2D eigenvalue weighted by atomic mass is 10.00. The van der Waals surface area contributed by atoms with Crippen LogP contribution in [-0.4, -0.2) is 51.9 Å². The molecule has 0 N–H and O–H groups in total. The fraction of sp³-hybridized carbons (Fsp3) is 0.231. The molecule has 1 aliphatic rings. The molecule has 5 rings (SSSR count). The standard InChI is InChI=1S/C26H25N5O/c1-18-8-9-20(16-19(18)2)24-17-22(21-6-3-4-7-23(21)29-24)25(32)30-12-14-31(15-13-30)26-27-10-5-11-28-26/h3-11,16-17H,12-15H2,1-2H3. The minimum atomic E-state index is 0.0438. The maximum absolute atomic E-state index is 13.6. The minimum absolute atomic E-state index is 0.0438. The quantitative estimate of drug-likeness (QED) is 0.492. The first-order chi connectivity index (χ1) is 15.6. The van der Waals surface area contributed by atoms with Crippen molar-refractivity contribution in [2.24, 2.45) is 0 Å². The average molecular weight is 424 g/mol. The molecule has 0 aliphatic carbocycles. The molecule has 160 valence electrons. The van der Waals surface area contributed by atoms with Crippen LogP contribution in [0.3, 0.4) is 0 Å². The summed E-state index contributed by atoms with van der Waals surface area (Å²) in [6.45, 7) is 6.88. The van der Waals surface area contributed by atoms with E-state index in [4.69, 9.17) is 4.98 Å². The van der Waals surface area contributed by atoms with Gasteiger partial charge in [-0.2, -0.15) is 0 Å². The van der Waals surface area contributed by atoms with E-state index in [2.05, 4.69) is 46.9 Å². The second-order valence-corrected chi connectivity index (χ2v) is 8.20. The molecule has 2 aromatic carbocycles. The highest BCUT2D eigenvalue weighted by Crippen LogP contribution is 2.27. The van der Waals surface area contributed by atoms with Gasteiger partial charge in [0.25, 0.3) is 5.91 Å². The minimum Gasteiger partial charge on any atom is -0.337 e. The third-order valence-electron chi connectivity index (χ3n) is 6.15. The Kier molecular flexibility index (Phi) is 5.27. The normalized spacial score (nSPS) is 14.1. The van der Waals surface area contributed by atoms with Crippen LogP contribution in [0.15, 0.2) is 67.0 Å². The van der Waals surface area contributed by atoms with Crippen LogP contribution < -0.4 is 4.90 Å². The lowest BCUT2D eigenvalue weighted by Gasteiger charge is -2.34. The van der Waals surface area contributed by atoms with Crippen LogP contribution in [0, 0.1) is 13.8 Å². The van der Waals surface area contributed by atoms with E-state index in [1.54, 1.807) is 12.4 Å². The first-order valence-corrected chi connectivity index (χ1v) is 10.9. The monoisotopic (exact) mass is 423 g/mol. The van der Waals surface area contributed by atoms with Crippen LogP contribution in [0.2, 0.25) is 0 Å². The molecule has 1 fully saturated rings. The van der Waals surface area contributed by atoms with Crippen molar-refractivity contribution in [2.45, 2.75) is 13.8 Å². The Hall–Kier alpha value is -3.80. The van der Waals surface area contributed by atoms with Crippen molar-refractivity contribution in [3.8, 4) is 11.3 Å². The molecule has 0 atom stereocenters. The van der Waals surface area contributed by atoms with Gasteiger partial charge >= 0.3 is 0 Å². The first-order valence-electron chi connectivity index (χ1n) is 10.9. The summed E-state index contributed by atoms with van der Waals surface area (Å²) in [7, 11) is 0. The molecule has 0 saturated carbocycles. The number of para-hydroxylation sites is 1. The molecule has 1 amide bonds. The van der Waals surface area contributed by atoms with E-state index in [1.165, 1.54) is 11.1 Å². The lowest BCUT2D eigenvalue weighted by molar-refractivity contribution is 0.0748. The van der Waals surface area contributed by atoms with Crippen molar-refractivity contribution in [3.63, 3.8) is 0 Å². The average Bonchev–Trinajstić information content (AvgIpc) is 2.85. The molecular formula is C26H25N5O. The molecule has 0 bridgehead atoms. The largest absolute Gasteiger partial charge is 0.337 e. The summed E-state index contributed by atoms with van der Waals surface area (Å²) in [5, 5.41) is 0.888. The predicted molar refractivity (Wildman–Crippen MR) is 127 cm³/mol. The van der Waals surface area contributed by atoms with E-state index in [0.717, 1.165) is 22.2 Å². The van der Waals surface area contributed by atoms with E-state index in [9.17, 15) is 4.79 Å². The topological polar surface area (TPSA) is 62.2 Å². The summed E-state index contributed by atoms with van der Waals surface area (Å²) in [5.41, 5.74) is 5.84. The Morgan fingerprint density at radius 1 is 0.844 bits per heavy atom. The van der Waals surface area contributed by atoms with Gasteiger partial charge in [0, 0.05) is 49.5 Å². The molecule has 6 heteroatoms. The highest BCUT2D eigenvalue weighted by Gasteiger charge is 2.25. The molecule has 6 nitrogen and oxygen atoms in total. The van der Waals surface area contributed by atoms with Crippen molar-refractivity contribution in [2.75, 3.05) is 31.1 Å². The second-order valence-electron chi connectivity index (χ2n) is 8.20. The highest BCUT2D eigenvalue weighted by molar-refractivity contribution is 6.07. The maximum Gasteiger partial charge on any atom is 0.254 e. The van der Waals surface area contributed by atoms with Gasteiger partial charge in [0.15, 0.2) is 0 Å². The van der Waals surface area contributed by atoms with Gasteiger partial charge in [-0.3, -0.25) is 4.79 Å². The predicted octanol–water partition coefficient (Wildman–Crippen LogP) is 4.27. The second kappa shape index (κ2) is 8.38. The van der Waals surface area contributed by atoms with Crippen molar-refractivity contribution in [3.05, 3.63) is 83.7 Å². The summed E-state index contributed by atoms with van der Waals surface area (Å²) < 4.78 is 0. The number of anilines is 1. The van der Waals surface area contributed by atoms with Crippen LogP contribution in [0.5, 0.6) is 0 Å². The molecule has 32 heavy (non-hydrogen) atoms. The number of carbonyl (C=O) groups is 1. The van der Waals surface area contributed by atoms with E-state index in [0.29, 0.717) is 37.7 Å². The number of rotatable bonds is 3. The van der Waals surface area contributed by atoms with Gasteiger partial charge in [0.1, 0.15) is 0 Å². The Bertz CT molecular complexity index is 1280. The number of nitrogens with zero attached hydrogens (tertiary/aromatic N) is 5. The van der Waals surface area contributed by atoms with Crippen LogP contribution in [0.25, 0.3) is 22.2 Å². The van der Waals surface area contributed by atoms with Crippen molar-refractivity contribution < 1.29 is 4.79 Å². The van der Waals surface area contributed by atoms with Gasteiger partial charge in [-0.15, -0.1) is 0 Å². The van der Waals surface area contributed by atoms with E-state index in [-0.39, 0.29) is 5.91 Å². The molecule has 3 heterocycles. The van der Waals surface area contributed by atoms with Crippen LogP contribution in [0.1, 0.15) is 21.5 Å². The molecule has 1 aliphatic heterocycles. The molecule has 1 saturated heterocycles. The number of amides is 1. The SMILES string of the molecule is Cc1ccc(-c2cc(C(=O)N3CCN(c4ncccn4)CC3)c3ccccc3n2)cc1C. The smallest absolute Gasteiger partial charge is 0.254 e. The van der Waals surface area contributed by atoms with Crippen LogP contribution in [-0.2, 0) is 0 Å². The Labute approximate surface area is 187 Å².